The van der Waals surface area contributed by atoms with E-state index in [-0.39, 0.29) is 10.8 Å². The molecule has 150 valence electrons. The molecule has 0 aromatic heterocycles. The van der Waals surface area contributed by atoms with Crippen molar-refractivity contribution in [3.63, 3.8) is 0 Å². The molecule has 0 spiro atoms. The molecule has 0 atom stereocenters. The molecule has 0 heterocycles. The number of nitrogens with zero attached hydrogens (tertiary/aromatic N) is 1. The first-order valence-corrected chi connectivity index (χ1v) is 10.4. The van der Waals surface area contributed by atoms with Gasteiger partial charge in [-0.15, -0.1) is 0 Å². The van der Waals surface area contributed by atoms with Crippen molar-refractivity contribution in [2.45, 2.75) is 11.8 Å². The summed E-state index contributed by atoms with van der Waals surface area (Å²) in [4.78, 5) is 12.6. The zero-order valence-corrected chi connectivity index (χ0v) is 17.2. The van der Waals surface area contributed by atoms with Crippen molar-refractivity contribution < 1.29 is 17.9 Å². The minimum Gasteiger partial charge on any atom is -0.497 e. The molecule has 1 N–H and O–H groups in total. The summed E-state index contributed by atoms with van der Waals surface area (Å²) in [5.74, 6) is 0.316. The number of hydrogen-bond donors (Lipinski definition) is 1. The first kappa shape index (κ1) is 20.4. The van der Waals surface area contributed by atoms with Gasteiger partial charge in [-0.3, -0.25) is 9.10 Å². The molecule has 0 unspecified atom stereocenters. The van der Waals surface area contributed by atoms with Crippen molar-refractivity contribution in [1.82, 2.24) is 0 Å². The monoisotopic (exact) mass is 410 g/mol. The van der Waals surface area contributed by atoms with Gasteiger partial charge in [0.1, 0.15) is 5.75 Å². The third-order valence-electron chi connectivity index (χ3n) is 4.52. The largest absolute Gasteiger partial charge is 0.497 e. The number of nitrogens with one attached hydrogen (secondary N) is 1. The molecule has 6 nitrogen and oxygen atoms in total. The van der Waals surface area contributed by atoms with Gasteiger partial charge >= 0.3 is 0 Å². The van der Waals surface area contributed by atoms with Crippen LogP contribution >= 0.6 is 0 Å². The zero-order valence-electron chi connectivity index (χ0n) is 16.4. The van der Waals surface area contributed by atoms with Crippen LogP contribution in [0, 0.1) is 6.92 Å². The van der Waals surface area contributed by atoms with Gasteiger partial charge < -0.3 is 10.1 Å². The fourth-order valence-electron chi connectivity index (χ4n) is 2.71. The SMILES string of the molecule is COc1ccc(S(=O)(=O)N(C)c2ccc(C(=O)Nc3ccc(C)cc3)cc2)cc1. The Morgan fingerprint density at radius 1 is 0.897 bits per heavy atom. The summed E-state index contributed by atoms with van der Waals surface area (Å²) in [6, 6.07) is 20.1. The topological polar surface area (TPSA) is 75.7 Å². The zero-order chi connectivity index (χ0) is 21.0. The Hall–Kier alpha value is -3.32. The Kier molecular flexibility index (Phi) is 5.89. The van der Waals surface area contributed by atoms with Gasteiger partial charge in [0.2, 0.25) is 0 Å². The minimum absolute atomic E-state index is 0.155. The lowest BCUT2D eigenvalue weighted by Gasteiger charge is -2.20. The number of hydrogen-bond acceptors (Lipinski definition) is 4. The highest BCUT2D eigenvalue weighted by atomic mass is 32.2. The summed E-state index contributed by atoms with van der Waals surface area (Å²) in [5.41, 5.74) is 2.69. The van der Waals surface area contributed by atoms with Crippen LogP contribution in [0.3, 0.4) is 0 Å². The molecule has 3 rings (SSSR count). The number of carbonyl (C=O) groups is 1. The average molecular weight is 410 g/mol. The number of sulfonamides is 1. The lowest BCUT2D eigenvalue weighted by molar-refractivity contribution is 0.102. The number of anilines is 2. The molecular weight excluding hydrogens is 388 g/mol. The molecular formula is C22H22N2O4S. The third-order valence-corrected chi connectivity index (χ3v) is 6.32. The molecule has 3 aromatic carbocycles. The predicted octanol–water partition coefficient (Wildman–Crippen LogP) is 4.08. The van der Waals surface area contributed by atoms with Crippen LogP contribution in [-0.4, -0.2) is 28.5 Å². The molecule has 0 aliphatic heterocycles. The number of carbonyl (C=O) groups excluding carboxylic acids is 1. The lowest BCUT2D eigenvalue weighted by atomic mass is 10.2. The Balaban J connectivity index is 1.75. The number of benzene rings is 3. The molecule has 7 heteroatoms. The highest BCUT2D eigenvalue weighted by molar-refractivity contribution is 7.92. The number of amides is 1. The van der Waals surface area contributed by atoms with Crippen LogP contribution in [0.1, 0.15) is 15.9 Å². The van der Waals surface area contributed by atoms with E-state index in [9.17, 15) is 13.2 Å². The highest BCUT2D eigenvalue weighted by Crippen LogP contribution is 2.24. The van der Waals surface area contributed by atoms with Crippen molar-refractivity contribution in [2.75, 3.05) is 23.8 Å². The number of rotatable bonds is 6. The second kappa shape index (κ2) is 8.36. The van der Waals surface area contributed by atoms with Crippen molar-refractivity contribution >= 4 is 27.3 Å². The lowest BCUT2D eigenvalue weighted by Crippen LogP contribution is -2.26. The van der Waals surface area contributed by atoms with E-state index in [1.165, 1.54) is 30.6 Å². The fraction of sp³-hybridized carbons (Fsp3) is 0.136. The van der Waals surface area contributed by atoms with E-state index in [1.807, 2.05) is 31.2 Å². The van der Waals surface area contributed by atoms with E-state index in [0.717, 1.165) is 5.56 Å². The van der Waals surface area contributed by atoms with Crippen molar-refractivity contribution in [1.29, 1.82) is 0 Å². The summed E-state index contributed by atoms with van der Waals surface area (Å²) in [7, 11) is -0.732. The summed E-state index contributed by atoms with van der Waals surface area (Å²) in [5, 5.41) is 2.82. The van der Waals surface area contributed by atoms with Crippen LogP contribution in [0.15, 0.2) is 77.7 Å². The summed E-state index contributed by atoms with van der Waals surface area (Å²) < 4.78 is 31.9. The van der Waals surface area contributed by atoms with Gasteiger partial charge in [-0.05, 0) is 67.6 Å². The molecule has 0 aliphatic rings. The van der Waals surface area contributed by atoms with Crippen LogP contribution in [-0.2, 0) is 10.0 Å². The van der Waals surface area contributed by atoms with Crippen LogP contribution in [0.5, 0.6) is 5.75 Å². The van der Waals surface area contributed by atoms with Crippen molar-refractivity contribution in [3.05, 3.63) is 83.9 Å². The summed E-state index contributed by atoms with van der Waals surface area (Å²) in [6.45, 7) is 1.97. The van der Waals surface area contributed by atoms with Gasteiger partial charge in [-0.25, -0.2) is 8.42 Å². The molecule has 0 saturated heterocycles. The molecule has 29 heavy (non-hydrogen) atoms. The van der Waals surface area contributed by atoms with E-state index in [4.69, 9.17) is 4.74 Å². The number of ether oxygens (including phenoxy) is 1. The standard InChI is InChI=1S/C22H22N2O4S/c1-16-4-8-18(9-5-16)23-22(25)17-6-10-19(11-7-17)24(2)29(26,27)21-14-12-20(28-3)13-15-21/h4-15H,1-3H3,(H,23,25). The predicted molar refractivity (Wildman–Crippen MR) is 114 cm³/mol. The van der Waals surface area contributed by atoms with E-state index in [0.29, 0.717) is 22.7 Å². The second-order valence-corrected chi connectivity index (χ2v) is 8.48. The Morgan fingerprint density at radius 3 is 2.03 bits per heavy atom. The Labute approximate surface area is 170 Å². The maximum absolute atomic E-state index is 12.8. The first-order chi connectivity index (χ1) is 13.8. The summed E-state index contributed by atoms with van der Waals surface area (Å²) >= 11 is 0. The van der Waals surface area contributed by atoms with Gasteiger partial charge in [-0.1, -0.05) is 17.7 Å². The molecule has 1 amide bonds. The molecule has 0 saturated carbocycles. The molecule has 3 aromatic rings. The molecule has 0 radical (unpaired) electrons. The minimum atomic E-state index is -3.73. The van der Waals surface area contributed by atoms with Crippen molar-refractivity contribution in [3.8, 4) is 5.75 Å². The average Bonchev–Trinajstić information content (AvgIpc) is 2.75. The highest BCUT2D eigenvalue weighted by Gasteiger charge is 2.21. The van der Waals surface area contributed by atoms with Crippen molar-refractivity contribution in [2.24, 2.45) is 0 Å². The van der Waals surface area contributed by atoms with E-state index in [2.05, 4.69) is 5.32 Å². The van der Waals surface area contributed by atoms with Crippen LogP contribution < -0.4 is 14.4 Å². The fourth-order valence-corrected chi connectivity index (χ4v) is 3.90. The van der Waals surface area contributed by atoms with Gasteiger partial charge in [0.15, 0.2) is 0 Å². The molecule has 0 bridgehead atoms. The Morgan fingerprint density at radius 2 is 1.48 bits per heavy atom. The van der Waals surface area contributed by atoms with Crippen LogP contribution in [0.25, 0.3) is 0 Å². The van der Waals surface area contributed by atoms with Gasteiger partial charge in [0.05, 0.1) is 17.7 Å². The number of aryl methyl sites for hydroxylation is 1. The quantitative estimate of drug-likeness (QED) is 0.664. The Bertz CT molecular complexity index is 1090. The molecule has 0 aliphatic carbocycles. The van der Waals surface area contributed by atoms with Gasteiger partial charge in [0.25, 0.3) is 15.9 Å². The maximum atomic E-state index is 12.8. The van der Waals surface area contributed by atoms with Crippen LogP contribution in [0.4, 0.5) is 11.4 Å². The van der Waals surface area contributed by atoms with E-state index in [1.54, 1.807) is 36.4 Å². The van der Waals surface area contributed by atoms with Crippen LogP contribution in [0.2, 0.25) is 0 Å². The number of methoxy groups -OCH3 is 1. The first-order valence-electron chi connectivity index (χ1n) is 8.92. The third kappa shape index (κ3) is 4.57. The summed E-state index contributed by atoms with van der Waals surface area (Å²) in [6.07, 6.45) is 0. The van der Waals surface area contributed by atoms with E-state index < -0.39 is 10.0 Å². The smallest absolute Gasteiger partial charge is 0.264 e. The maximum Gasteiger partial charge on any atom is 0.264 e. The second-order valence-electron chi connectivity index (χ2n) is 6.52. The molecule has 0 fully saturated rings. The van der Waals surface area contributed by atoms with Gasteiger partial charge in [-0.2, -0.15) is 0 Å². The van der Waals surface area contributed by atoms with E-state index >= 15 is 0 Å². The normalized spacial score (nSPS) is 11.0. The van der Waals surface area contributed by atoms with Gasteiger partial charge in [0, 0.05) is 18.3 Å².